The van der Waals surface area contributed by atoms with E-state index in [2.05, 4.69) is 46.9 Å². The molecule has 2 bridgehead atoms. The van der Waals surface area contributed by atoms with Crippen LogP contribution in [0.15, 0.2) is 53.5 Å². The van der Waals surface area contributed by atoms with Crippen molar-refractivity contribution in [2.45, 2.75) is 66.0 Å². The quantitative estimate of drug-likeness (QED) is 0.144. The molecule has 51 heavy (non-hydrogen) atoms. The third-order valence-electron chi connectivity index (χ3n) is 8.99. The first kappa shape index (κ1) is 36.9. The van der Waals surface area contributed by atoms with Crippen molar-refractivity contribution in [3.05, 3.63) is 86.7 Å². The molecule has 5 aromatic rings. The van der Waals surface area contributed by atoms with Crippen LogP contribution in [0, 0.1) is 36.3 Å². The van der Waals surface area contributed by atoms with Gasteiger partial charge in [0.2, 0.25) is 4.73 Å². The lowest BCUT2D eigenvalue weighted by Crippen LogP contribution is -2.43. The third kappa shape index (κ3) is 8.44. The molecule has 11 nitrogen and oxygen atoms in total. The van der Waals surface area contributed by atoms with Crippen LogP contribution in [0.2, 0.25) is 10.0 Å². The van der Waals surface area contributed by atoms with Gasteiger partial charge in [0.1, 0.15) is 33.8 Å². The Morgan fingerprint density at radius 3 is 1.92 bits per heavy atom. The highest BCUT2D eigenvalue weighted by Gasteiger charge is 2.43. The molecule has 270 valence electrons. The molecule has 2 aromatic carbocycles. The second kappa shape index (κ2) is 15.8. The summed E-state index contributed by atoms with van der Waals surface area (Å²) in [6.07, 6.45) is 4.87. The normalized spacial score (nSPS) is 18.3. The summed E-state index contributed by atoms with van der Waals surface area (Å²) >= 11 is 15.1. The first-order chi connectivity index (χ1) is 24.4. The maximum absolute atomic E-state index is 13.9. The number of halogens is 5. The van der Waals surface area contributed by atoms with Crippen LogP contribution >= 0.6 is 39.1 Å². The van der Waals surface area contributed by atoms with Gasteiger partial charge in [-0.15, -0.1) is 5.10 Å². The third-order valence-corrected chi connectivity index (χ3v) is 10.1. The van der Waals surface area contributed by atoms with E-state index in [9.17, 15) is 8.78 Å². The fraction of sp³-hybridized carbons (Fsp3) is 0.429. The van der Waals surface area contributed by atoms with Crippen LogP contribution in [0.5, 0.6) is 23.5 Å². The van der Waals surface area contributed by atoms with E-state index in [4.69, 9.17) is 42.8 Å². The standard InChI is InChI=1S/C24H28ClFN6O.C11H10BrClFN3O/c1-14(2)32-24(33-20-6-4-5-19(26)23(20)25)29-21(30-32)10-18-16-7-8-17(18)12-31(11-16)22-9-15(3)27-13-28-22;1-6(2)17-11(15-10(12)16-17)18-8-5-3-4-7(14)9(8)13/h4-6,9,13-14,16-18H,7-8,10-12H2,1-3H3;3-6H,1-2H3/t16-,17+,18?;. The van der Waals surface area contributed by atoms with E-state index in [0.29, 0.717) is 28.5 Å². The monoisotopic (exact) mass is 803 g/mol. The van der Waals surface area contributed by atoms with Crippen molar-refractivity contribution in [2.24, 2.45) is 17.8 Å². The molecule has 0 radical (unpaired) electrons. The molecule has 3 aromatic heterocycles. The summed E-state index contributed by atoms with van der Waals surface area (Å²) in [6, 6.07) is 11.6. The number of aryl methyl sites for hydroxylation is 1. The number of fused-ring (bicyclic) bond motifs is 2. The fourth-order valence-corrected chi connectivity index (χ4v) is 7.19. The molecule has 1 aliphatic carbocycles. The van der Waals surface area contributed by atoms with Crippen LogP contribution in [0.4, 0.5) is 14.6 Å². The van der Waals surface area contributed by atoms with Crippen LogP contribution < -0.4 is 14.4 Å². The van der Waals surface area contributed by atoms with Gasteiger partial charge in [0, 0.05) is 31.3 Å². The van der Waals surface area contributed by atoms with Crippen LogP contribution in [0.25, 0.3) is 0 Å². The highest BCUT2D eigenvalue weighted by molar-refractivity contribution is 9.10. The summed E-state index contributed by atoms with van der Waals surface area (Å²) in [5, 5.41) is 8.74. The molecule has 1 saturated heterocycles. The van der Waals surface area contributed by atoms with Gasteiger partial charge in [-0.05, 0) is 105 Å². The number of rotatable bonds is 9. The van der Waals surface area contributed by atoms with Gasteiger partial charge >= 0.3 is 12.0 Å². The number of aromatic nitrogens is 8. The second-order valence-corrected chi connectivity index (χ2v) is 14.7. The number of anilines is 1. The van der Waals surface area contributed by atoms with Gasteiger partial charge in [0.15, 0.2) is 17.3 Å². The molecular formula is C35H38BrCl2F2N9O2. The Labute approximate surface area is 313 Å². The highest BCUT2D eigenvalue weighted by atomic mass is 79.9. The predicted octanol–water partition coefficient (Wildman–Crippen LogP) is 9.45. The molecule has 4 heterocycles. The van der Waals surface area contributed by atoms with Gasteiger partial charge in [-0.2, -0.15) is 15.1 Å². The van der Waals surface area contributed by atoms with Crippen molar-refractivity contribution in [1.82, 2.24) is 39.5 Å². The Hall–Kier alpha value is -3.88. The smallest absolute Gasteiger partial charge is 0.321 e. The van der Waals surface area contributed by atoms with E-state index in [0.717, 1.165) is 36.8 Å². The fourth-order valence-electron chi connectivity index (χ4n) is 6.54. The molecule has 1 aliphatic heterocycles. The molecule has 1 saturated carbocycles. The average molecular weight is 806 g/mol. The van der Waals surface area contributed by atoms with Crippen molar-refractivity contribution in [3.63, 3.8) is 0 Å². The van der Waals surface area contributed by atoms with E-state index in [1.54, 1.807) is 33.9 Å². The minimum absolute atomic E-state index is 0.0492. The number of piperidine rings is 1. The summed E-state index contributed by atoms with van der Waals surface area (Å²) in [7, 11) is 0. The van der Waals surface area contributed by atoms with Gasteiger partial charge in [-0.1, -0.05) is 35.3 Å². The Morgan fingerprint density at radius 1 is 0.824 bits per heavy atom. The van der Waals surface area contributed by atoms with E-state index < -0.39 is 11.6 Å². The van der Waals surface area contributed by atoms with E-state index in [1.807, 2.05) is 34.6 Å². The molecule has 7 rings (SSSR count). The predicted molar refractivity (Wildman–Crippen MR) is 194 cm³/mol. The Balaban J connectivity index is 0.000000211. The maximum Gasteiger partial charge on any atom is 0.321 e. The van der Waals surface area contributed by atoms with Crippen molar-refractivity contribution in [1.29, 1.82) is 0 Å². The van der Waals surface area contributed by atoms with E-state index in [1.165, 1.54) is 31.0 Å². The zero-order valence-electron chi connectivity index (χ0n) is 28.8. The van der Waals surface area contributed by atoms with Crippen molar-refractivity contribution in [2.75, 3.05) is 18.0 Å². The molecular weight excluding hydrogens is 767 g/mol. The van der Waals surface area contributed by atoms with E-state index >= 15 is 0 Å². The summed E-state index contributed by atoms with van der Waals surface area (Å²) in [5.74, 6) is 2.85. The lowest BCUT2D eigenvalue weighted by Gasteiger charge is -2.38. The number of nitrogens with zero attached hydrogens (tertiary/aromatic N) is 9. The number of hydrogen-bond donors (Lipinski definition) is 0. The van der Waals surface area contributed by atoms with Gasteiger partial charge in [0.05, 0.1) is 12.1 Å². The minimum Gasteiger partial charge on any atom is -0.423 e. The minimum atomic E-state index is -0.538. The molecule has 0 amide bonds. The van der Waals surface area contributed by atoms with Crippen LogP contribution in [-0.2, 0) is 6.42 Å². The molecule has 16 heteroatoms. The Morgan fingerprint density at radius 2 is 1.37 bits per heavy atom. The largest absolute Gasteiger partial charge is 0.423 e. The Bertz CT molecular complexity index is 1980. The van der Waals surface area contributed by atoms with Crippen molar-refractivity contribution >= 4 is 44.9 Å². The maximum atomic E-state index is 13.9. The van der Waals surface area contributed by atoms with E-state index in [-0.39, 0.29) is 39.6 Å². The van der Waals surface area contributed by atoms with Crippen molar-refractivity contribution < 1.29 is 18.3 Å². The SMILES string of the molecule is CC(C)n1nc(Br)nc1Oc1cccc(F)c1Cl.Cc1cc(N2C[C@H]3CC[C@@H](C2)C3Cc2nc(Oc3cccc(F)c3Cl)n(C(C)C)n2)ncn1. The first-order valence-corrected chi connectivity index (χ1v) is 18.3. The molecule has 2 aliphatic rings. The van der Waals surface area contributed by atoms with Gasteiger partial charge in [0.25, 0.3) is 0 Å². The van der Waals surface area contributed by atoms with Gasteiger partial charge < -0.3 is 14.4 Å². The molecule has 0 spiro atoms. The lowest BCUT2D eigenvalue weighted by molar-refractivity contribution is 0.264. The summed E-state index contributed by atoms with van der Waals surface area (Å²) in [4.78, 5) is 19.9. The highest BCUT2D eigenvalue weighted by Crippen LogP contribution is 2.44. The van der Waals surface area contributed by atoms with Gasteiger partial charge in [-0.3, -0.25) is 0 Å². The zero-order valence-corrected chi connectivity index (χ0v) is 31.9. The summed E-state index contributed by atoms with van der Waals surface area (Å²) < 4.78 is 42.3. The lowest BCUT2D eigenvalue weighted by atomic mass is 9.82. The van der Waals surface area contributed by atoms with Crippen molar-refractivity contribution in [3.8, 4) is 23.5 Å². The van der Waals surface area contributed by atoms with Crippen LogP contribution in [-0.4, -0.2) is 52.6 Å². The Kier molecular flexibility index (Phi) is 11.4. The second-order valence-electron chi connectivity index (χ2n) is 13.2. The number of benzene rings is 2. The topological polar surface area (TPSA) is 109 Å². The number of ether oxygens (including phenoxy) is 2. The average Bonchev–Trinajstić information content (AvgIpc) is 3.73. The number of hydrogen-bond acceptors (Lipinski definition) is 9. The molecule has 3 atom stereocenters. The summed E-state index contributed by atoms with van der Waals surface area (Å²) in [6.45, 7) is 11.9. The molecule has 2 fully saturated rings. The van der Waals surface area contributed by atoms with Crippen LogP contribution in [0.3, 0.4) is 0 Å². The first-order valence-electron chi connectivity index (χ1n) is 16.7. The van der Waals surface area contributed by atoms with Crippen LogP contribution in [0.1, 0.15) is 64.1 Å². The van der Waals surface area contributed by atoms with Gasteiger partial charge in [-0.25, -0.2) is 28.1 Å². The molecule has 1 unspecified atom stereocenters. The summed E-state index contributed by atoms with van der Waals surface area (Å²) in [5.41, 5.74) is 0.990. The zero-order chi connectivity index (χ0) is 36.4. The molecule has 0 N–H and O–H groups in total.